The molecule has 0 amide bonds. The van der Waals surface area contributed by atoms with Crippen molar-refractivity contribution in [3.8, 4) is 22.3 Å². The Kier molecular flexibility index (Phi) is 5.93. The van der Waals surface area contributed by atoms with Crippen LogP contribution in [0.1, 0.15) is 22.6 Å². The van der Waals surface area contributed by atoms with Gasteiger partial charge in [-0.15, -0.1) is 0 Å². The van der Waals surface area contributed by atoms with E-state index in [0.717, 1.165) is 11.4 Å². The summed E-state index contributed by atoms with van der Waals surface area (Å²) < 4.78 is 0. The second-order valence-corrected chi connectivity index (χ2v) is 10.9. The van der Waals surface area contributed by atoms with Gasteiger partial charge in [0, 0.05) is 17.3 Å². The molecule has 0 heterocycles. The molecule has 1 heteroatoms. The van der Waals surface area contributed by atoms with Gasteiger partial charge >= 0.3 is 0 Å². The van der Waals surface area contributed by atoms with Gasteiger partial charge in [-0.25, -0.2) is 0 Å². The Balaban J connectivity index is 1.46. The number of para-hydroxylation sites is 2. The van der Waals surface area contributed by atoms with Crippen LogP contribution in [0.3, 0.4) is 0 Å². The summed E-state index contributed by atoms with van der Waals surface area (Å²) in [5, 5.41) is 2.54. The SMILES string of the molecule is c1ccc(-c2cccc([C@H]3c4ccccc4-c4c3c(N(c3ccccc3)c3ccccc3)cc3ccccc43)c2)cc1. The van der Waals surface area contributed by atoms with Gasteiger partial charge < -0.3 is 4.90 Å². The molecule has 0 spiro atoms. The second-order valence-electron chi connectivity index (χ2n) is 10.9. The fourth-order valence-corrected chi connectivity index (χ4v) is 6.70. The summed E-state index contributed by atoms with van der Waals surface area (Å²) in [4.78, 5) is 2.44. The molecule has 1 nitrogen and oxygen atoms in total. The summed E-state index contributed by atoms with van der Waals surface area (Å²) in [6.07, 6.45) is 0. The van der Waals surface area contributed by atoms with E-state index in [1.807, 2.05) is 0 Å². The number of nitrogens with zero attached hydrogens (tertiary/aromatic N) is 1. The molecular formula is C41H29N. The molecule has 0 bridgehead atoms. The van der Waals surface area contributed by atoms with E-state index in [2.05, 4.69) is 175 Å². The van der Waals surface area contributed by atoms with E-state index in [1.54, 1.807) is 0 Å². The van der Waals surface area contributed by atoms with E-state index in [4.69, 9.17) is 0 Å². The maximum Gasteiger partial charge on any atom is 0.0515 e. The molecule has 198 valence electrons. The van der Waals surface area contributed by atoms with Crippen LogP contribution in [0.4, 0.5) is 17.1 Å². The molecule has 0 unspecified atom stereocenters. The average molecular weight is 536 g/mol. The molecule has 0 radical (unpaired) electrons. The molecule has 0 aromatic heterocycles. The van der Waals surface area contributed by atoms with Crippen LogP contribution in [0.2, 0.25) is 0 Å². The minimum atomic E-state index is 0.0920. The van der Waals surface area contributed by atoms with Gasteiger partial charge in [-0.1, -0.05) is 140 Å². The molecule has 0 N–H and O–H groups in total. The van der Waals surface area contributed by atoms with E-state index in [9.17, 15) is 0 Å². The Labute approximate surface area is 247 Å². The topological polar surface area (TPSA) is 3.24 Å². The minimum absolute atomic E-state index is 0.0920. The molecular weight excluding hydrogens is 506 g/mol. The Morgan fingerprint density at radius 1 is 0.452 bits per heavy atom. The molecule has 0 fully saturated rings. The normalized spacial score (nSPS) is 13.5. The lowest BCUT2D eigenvalue weighted by Gasteiger charge is -2.30. The van der Waals surface area contributed by atoms with Crippen molar-refractivity contribution in [1.82, 2.24) is 0 Å². The minimum Gasteiger partial charge on any atom is -0.310 e. The maximum atomic E-state index is 2.44. The van der Waals surface area contributed by atoms with Crippen molar-refractivity contribution in [2.24, 2.45) is 0 Å². The predicted molar refractivity (Wildman–Crippen MR) is 177 cm³/mol. The third-order valence-electron chi connectivity index (χ3n) is 8.49. The third-order valence-corrected chi connectivity index (χ3v) is 8.49. The highest BCUT2D eigenvalue weighted by molar-refractivity contribution is 6.07. The number of hydrogen-bond donors (Lipinski definition) is 0. The molecule has 7 aromatic rings. The van der Waals surface area contributed by atoms with Crippen LogP contribution in [0, 0.1) is 0 Å². The van der Waals surface area contributed by atoms with Crippen LogP contribution < -0.4 is 4.90 Å². The van der Waals surface area contributed by atoms with Gasteiger partial charge in [0.1, 0.15) is 0 Å². The van der Waals surface area contributed by atoms with Crippen molar-refractivity contribution in [3.63, 3.8) is 0 Å². The number of anilines is 3. The van der Waals surface area contributed by atoms with Crippen LogP contribution >= 0.6 is 0 Å². The van der Waals surface area contributed by atoms with E-state index in [0.29, 0.717) is 0 Å². The zero-order valence-electron chi connectivity index (χ0n) is 23.2. The van der Waals surface area contributed by atoms with Crippen molar-refractivity contribution in [2.45, 2.75) is 5.92 Å². The van der Waals surface area contributed by atoms with Gasteiger partial charge in [0.05, 0.1) is 5.69 Å². The second kappa shape index (κ2) is 10.2. The van der Waals surface area contributed by atoms with Gasteiger partial charge in [-0.3, -0.25) is 0 Å². The van der Waals surface area contributed by atoms with Crippen molar-refractivity contribution < 1.29 is 0 Å². The molecule has 1 aliphatic rings. The average Bonchev–Trinajstić information content (AvgIpc) is 3.42. The molecule has 1 aliphatic carbocycles. The monoisotopic (exact) mass is 535 g/mol. The first kappa shape index (κ1) is 24.4. The molecule has 0 saturated carbocycles. The van der Waals surface area contributed by atoms with E-state index in [1.165, 1.54) is 55.4 Å². The number of benzene rings is 7. The molecule has 42 heavy (non-hydrogen) atoms. The number of rotatable bonds is 5. The Bertz CT molecular complexity index is 1990. The number of fused-ring (bicyclic) bond motifs is 5. The number of hydrogen-bond acceptors (Lipinski definition) is 1. The van der Waals surface area contributed by atoms with Crippen molar-refractivity contribution >= 4 is 27.8 Å². The lowest BCUT2D eigenvalue weighted by molar-refractivity contribution is 1.01. The summed E-state index contributed by atoms with van der Waals surface area (Å²) in [5.41, 5.74) is 12.7. The summed E-state index contributed by atoms with van der Waals surface area (Å²) in [6, 6.07) is 61.6. The fraction of sp³-hybridized carbons (Fsp3) is 0.0244. The third kappa shape index (κ3) is 4.02. The lowest BCUT2D eigenvalue weighted by atomic mass is 9.85. The zero-order chi connectivity index (χ0) is 27.9. The van der Waals surface area contributed by atoms with E-state index in [-0.39, 0.29) is 5.92 Å². The van der Waals surface area contributed by atoms with Crippen LogP contribution in [-0.2, 0) is 0 Å². The van der Waals surface area contributed by atoms with Gasteiger partial charge in [-0.05, 0) is 80.0 Å². The van der Waals surface area contributed by atoms with Crippen molar-refractivity contribution in [1.29, 1.82) is 0 Å². The molecule has 7 aromatic carbocycles. The lowest BCUT2D eigenvalue weighted by Crippen LogP contribution is -2.14. The first-order chi connectivity index (χ1) is 20.9. The van der Waals surface area contributed by atoms with E-state index < -0.39 is 0 Å². The highest BCUT2D eigenvalue weighted by atomic mass is 15.1. The highest BCUT2D eigenvalue weighted by Gasteiger charge is 2.35. The van der Waals surface area contributed by atoms with Gasteiger partial charge in [0.15, 0.2) is 0 Å². The highest BCUT2D eigenvalue weighted by Crippen LogP contribution is 2.56. The predicted octanol–water partition coefficient (Wildman–Crippen LogP) is 11.1. The van der Waals surface area contributed by atoms with Crippen molar-refractivity contribution in [3.05, 3.63) is 187 Å². The summed E-state index contributed by atoms with van der Waals surface area (Å²) in [7, 11) is 0. The quantitative estimate of drug-likeness (QED) is 0.212. The Hall–Kier alpha value is -5.40. The summed E-state index contributed by atoms with van der Waals surface area (Å²) in [5.74, 6) is 0.0920. The van der Waals surface area contributed by atoms with E-state index >= 15 is 0 Å². The van der Waals surface area contributed by atoms with Crippen LogP contribution in [0.25, 0.3) is 33.0 Å². The van der Waals surface area contributed by atoms with Crippen LogP contribution in [0.15, 0.2) is 170 Å². The van der Waals surface area contributed by atoms with Gasteiger partial charge in [0.25, 0.3) is 0 Å². The summed E-state index contributed by atoms with van der Waals surface area (Å²) in [6.45, 7) is 0. The largest absolute Gasteiger partial charge is 0.310 e. The van der Waals surface area contributed by atoms with Crippen LogP contribution in [-0.4, -0.2) is 0 Å². The standard InChI is InChI=1S/C41H29N/c1-4-15-29(16-5-1)30-18-14-19-32(27-30)39-36-25-12-13-26-37(36)40-35-24-11-10-17-31(35)28-38(41(39)40)42(33-20-6-2-7-21-33)34-22-8-3-9-23-34/h1-28,39H/t39-/m0/s1. The van der Waals surface area contributed by atoms with Gasteiger partial charge in [0.2, 0.25) is 0 Å². The fourth-order valence-electron chi connectivity index (χ4n) is 6.70. The molecule has 0 saturated heterocycles. The molecule has 8 rings (SSSR count). The summed E-state index contributed by atoms with van der Waals surface area (Å²) >= 11 is 0. The maximum absolute atomic E-state index is 2.44. The zero-order valence-corrected chi connectivity index (χ0v) is 23.2. The first-order valence-electron chi connectivity index (χ1n) is 14.6. The smallest absolute Gasteiger partial charge is 0.0515 e. The van der Waals surface area contributed by atoms with Crippen LogP contribution in [0.5, 0.6) is 0 Å². The Morgan fingerprint density at radius 2 is 1.05 bits per heavy atom. The molecule has 1 atom stereocenters. The Morgan fingerprint density at radius 3 is 1.79 bits per heavy atom. The molecule has 0 aliphatic heterocycles. The van der Waals surface area contributed by atoms with Crippen molar-refractivity contribution in [2.75, 3.05) is 4.90 Å². The van der Waals surface area contributed by atoms with Gasteiger partial charge in [-0.2, -0.15) is 0 Å². The first-order valence-corrected chi connectivity index (χ1v) is 14.6.